The van der Waals surface area contributed by atoms with E-state index >= 15 is 0 Å². The zero-order valence-electron chi connectivity index (χ0n) is 14.1. The molecule has 0 saturated carbocycles. The van der Waals surface area contributed by atoms with E-state index in [9.17, 15) is 4.79 Å². The number of aldehydes is 1. The summed E-state index contributed by atoms with van der Waals surface area (Å²) in [7, 11) is 0. The molecule has 0 saturated heterocycles. The van der Waals surface area contributed by atoms with Gasteiger partial charge in [0.15, 0.2) is 0 Å². The highest BCUT2D eigenvalue weighted by Crippen LogP contribution is 2.40. The van der Waals surface area contributed by atoms with Crippen molar-refractivity contribution in [1.82, 2.24) is 0 Å². The summed E-state index contributed by atoms with van der Waals surface area (Å²) in [5.74, 6) is 0. The molecule has 0 fully saturated rings. The van der Waals surface area contributed by atoms with Crippen LogP contribution in [-0.4, -0.2) is 6.29 Å². The smallest absolute Gasteiger partial charge is 0.143 e. The summed E-state index contributed by atoms with van der Waals surface area (Å²) in [4.78, 5) is 10.3. The summed E-state index contributed by atoms with van der Waals surface area (Å²) in [6.45, 7) is 10.9. The summed E-state index contributed by atoms with van der Waals surface area (Å²) >= 11 is 0. The molecule has 1 rings (SSSR count). The van der Waals surface area contributed by atoms with E-state index in [0.29, 0.717) is 0 Å². The average molecular weight is 284 g/mol. The highest BCUT2D eigenvalue weighted by molar-refractivity contribution is 5.66. The molecule has 0 spiro atoms. The van der Waals surface area contributed by atoms with Gasteiger partial charge in [-0.25, -0.2) is 0 Å². The summed E-state index contributed by atoms with van der Waals surface area (Å²) in [5.41, 5.74) is 5.48. The van der Waals surface area contributed by atoms with Crippen molar-refractivity contribution >= 4 is 6.29 Å². The van der Waals surface area contributed by atoms with Gasteiger partial charge in [-0.1, -0.05) is 55.4 Å². The van der Waals surface area contributed by atoms with E-state index < -0.39 is 0 Å². The Morgan fingerprint density at radius 2 is 1.76 bits per heavy atom. The summed E-state index contributed by atoms with van der Waals surface area (Å²) in [6, 6.07) is 0. The Morgan fingerprint density at radius 1 is 1.10 bits per heavy atom. The van der Waals surface area contributed by atoms with Gasteiger partial charge in [-0.15, -0.1) is 0 Å². The van der Waals surface area contributed by atoms with Crippen molar-refractivity contribution in [2.24, 2.45) is 5.41 Å². The Kier molecular flexibility index (Phi) is 6.61. The lowest BCUT2D eigenvalue weighted by Crippen LogP contribution is -2.19. The minimum absolute atomic E-state index is 0.290. The van der Waals surface area contributed by atoms with Crippen LogP contribution < -0.4 is 0 Å². The molecule has 21 heavy (non-hydrogen) atoms. The number of hydrogen-bond acceptors (Lipinski definition) is 1. The van der Waals surface area contributed by atoms with Crippen molar-refractivity contribution in [3.63, 3.8) is 0 Å². The van der Waals surface area contributed by atoms with Crippen molar-refractivity contribution in [2.75, 3.05) is 0 Å². The van der Waals surface area contributed by atoms with Gasteiger partial charge in [0, 0.05) is 0 Å². The number of carbonyl (C=O) groups excluding carboxylic acids is 1. The highest BCUT2D eigenvalue weighted by atomic mass is 16.1. The van der Waals surface area contributed by atoms with Crippen LogP contribution in [0, 0.1) is 5.41 Å². The lowest BCUT2D eigenvalue weighted by molar-refractivity contribution is -0.104. The summed E-state index contributed by atoms with van der Waals surface area (Å²) < 4.78 is 0. The first-order valence-electron chi connectivity index (χ1n) is 7.72. The monoisotopic (exact) mass is 284 g/mol. The molecule has 0 amide bonds. The predicted molar refractivity (Wildman–Crippen MR) is 92.2 cm³/mol. The van der Waals surface area contributed by atoms with E-state index in [2.05, 4.69) is 45.9 Å². The van der Waals surface area contributed by atoms with Crippen LogP contribution in [-0.2, 0) is 4.79 Å². The third kappa shape index (κ3) is 5.71. The molecule has 0 unspecified atom stereocenters. The average Bonchev–Trinajstić information content (AvgIpc) is 2.37. The van der Waals surface area contributed by atoms with Gasteiger partial charge in [0.25, 0.3) is 0 Å². The molecule has 0 radical (unpaired) electrons. The van der Waals surface area contributed by atoms with Gasteiger partial charge < -0.3 is 0 Å². The Bertz CT molecular complexity index is 522. The second-order valence-electron chi connectivity index (χ2n) is 6.58. The molecule has 1 aliphatic rings. The minimum Gasteiger partial charge on any atom is -0.299 e. The molecule has 0 atom stereocenters. The van der Waals surface area contributed by atoms with Crippen LogP contribution in [0.2, 0.25) is 0 Å². The zero-order chi connectivity index (χ0) is 15.9. The van der Waals surface area contributed by atoms with Crippen LogP contribution in [0.15, 0.2) is 58.7 Å². The number of hydrogen-bond donors (Lipinski definition) is 0. The summed E-state index contributed by atoms with van der Waals surface area (Å²) in [6.07, 6.45) is 16.6. The van der Waals surface area contributed by atoms with Crippen LogP contribution in [0.1, 0.15) is 53.9 Å². The molecule has 1 aliphatic carbocycles. The molecule has 0 aliphatic heterocycles. The standard InChI is InChI=1S/C20H28O/c1-16(8-6-9-17(2)13-15-21)11-12-19-18(3)10-7-14-20(19,4)5/h6,8-9,11-13,15H,7,10,14H2,1-5H3/b9-6+,12-11?,16-8+,17-13+. The number of allylic oxidation sites excluding steroid dienone is 10. The third-order valence-electron chi connectivity index (χ3n) is 4.10. The normalized spacial score (nSPS) is 20.6. The van der Waals surface area contributed by atoms with Gasteiger partial charge in [0.2, 0.25) is 0 Å². The number of rotatable bonds is 5. The van der Waals surface area contributed by atoms with E-state index in [1.807, 2.05) is 19.1 Å². The second kappa shape index (κ2) is 7.97. The quantitative estimate of drug-likeness (QED) is 0.358. The minimum atomic E-state index is 0.290. The molecule has 0 N–H and O–H groups in total. The first-order valence-corrected chi connectivity index (χ1v) is 7.72. The molecule has 0 aromatic heterocycles. The van der Waals surface area contributed by atoms with Gasteiger partial charge in [-0.2, -0.15) is 0 Å². The van der Waals surface area contributed by atoms with Crippen LogP contribution in [0.3, 0.4) is 0 Å². The largest absolute Gasteiger partial charge is 0.299 e. The SMILES string of the molecule is CC1=C(C=C/C(C)=C/C=C/C(C)=C/C=O)C(C)(C)CCC1. The highest BCUT2D eigenvalue weighted by Gasteiger charge is 2.26. The van der Waals surface area contributed by atoms with E-state index in [0.717, 1.165) is 11.9 Å². The Hall–Kier alpha value is -1.63. The van der Waals surface area contributed by atoms with E-state index in [1.165, 1.54) is 36.0 Å². The van der Waals surface area contributed by atoms with Gasteiger partial charge in [-0.3, -0.25) is 4.79 Å². The van der Waals surface area contributed by atoms with Crippen molar-refractivity contribution in [2.45, 2.75) is 53.9 Å². The predicted octanol–water partition coefficient (Wildman–Crippen LogP) is 5.72. The topological polar surface area (TPSA) is 17.1 Å². The van der Waals surface area contributed by atoms with Crippen LogP contribution in [0.25, 0.3) is 0 Å². The van der Waals surface area contributed by atoms with Crippen molar-refractivity contribution < 1.29 is 4.79 Å². The van der Waals surface area contributed by atoms with Crippen LogP contribution in [0.4, 0.5) is 0 Å². The molecule has 114 valence electrons. The fourth-order valence-electron chi connectivity index (χ4n) is 2.80. The number of carbonyl (C=O) groups is 1. The summed E-state index contributed by atoms with van der Waals surface area (Å²) in [5, 5.41) is 0. The molecular formula is C20H28O. The van der Waals surface area contributed by atoms with Crippen molar-refractivity contribution in [3.05, 3.63) is 58.7 Å². The lowest BCUT2D eigenvalue weighted by atomic mass is 9.72. The van der Waals surface area contributed by atoms with Crippen LogP contribution >= 0.6 is 0 Å². The van der Waals surface area contributed by atoms with Crippen LogP contribution in [0.5, 0.6) is 0 Å². The maximum Gasteiger partial charge on any atom is 0.143 e. The molecular weight excluding hydrogens is 256 g/mol. The van der Waals surface area contributed by atoms with Gasteiger partial charge in [0.05, 0.1) is 0 Å². The first-order chi connectivity index (χ1) is 9.86. The molecule has 0 bridgehead atoms. The van der Waals surface area contributed by atoms with Crippen molar-refractivity contribution in [1.29, 1.82) is 0 Å². The molecule has 0 aromatic carbocycles. The molecule has 0 aromatic rings. The van der Waals surface area contributed by atoms with E-state index in [4.69, 9.17) is 0 Å². The van der Waals surface area contributed by atoms with E-state index in [1.54, 1.807) is 6.08 Å². The maximum absolute atomic E-state index is 10.3. The Balaban J connectivity index is 2.80. The molecule has 0 heterocycles. The fourth-order valence-corrected chi connectivity index (χ4v) is 2.80. The molecule has 1 heteroatoms. The van der Waals surface area contributed by atoms with Gasteiger partial charge in [-0.05, 0) is 62.7 Å². The van der Waals surface area contributed by atoms with E-state index in [-0.39, 0.29) is 5.41 Å². The Labute approximate surface area is 129 Å². The molecule has 1 nitrogen and oxygen atoms in total. The van der Waals surface area contributed by atoms with Gasteiger partial charge in [0.1, 0.15) is 6.29 Å². The lowest BCUT2D eigenvalue weighted by Gasteiger charge is -2.32. The van der Waals surface area contributed by atoms with Gasteiger partial charge >= 0.3 is 0 Å². The Morgan fingerprint density at radius 3 is 2.38 bits per heavy atom. The van der Waals surface area contributed by atoms with Crippen molar-refractivity contribution in [3.8, 4) is 0 Å². The fraction of sp³-hybridized carbons (Fsp3) is 0.450. The maximum atomic E-state index is 10.3. The first kappa shape index (κ1) is 17.4. The second-order valence-corrected chi connectivity index (χ2v) is 6.58. The third-order valence-corrected chi connectivity index (χ3v) is 4.10. The zero-order valence-corrected chi connectivity index (χ0v) is 14.1.